The zero-order valence-electron chi connectivity index (χ0n) is 16.7. The molecule has 7 heteroatoms. The van der Waals surface area contributed by atoms with Crippen LogP contribution in [0, 0.1) is 10.1 Å². The summed E-state index contributed by atoms with van der Waals surface area (Å²) >= 11 is 1.43. The number of Topliss-reactive ketones (excluding diaryl/α,β-unsaturated/α-hetero) is 1. The highest BCUT2D eigenvalue weighted by molar-refractivity contribution is 8.04. The van der Waals surface area contributed by atoms with Crippen LogP contribution in [0.2, 0.25) is 0 Å². The Morgan fingerprint density at radius 2 is 1.84 bits per heavy atom. The number of thioether (sulfide) groups is 1. The van der Waals surface area contributed by atoms with E-state index in [0.29, 0.717) is 33.2 Å². The van der Waals surface area contributed by atoms with Crippen LogP contribution in [-0.4, -0.2) is 23.8 Å². The minimum Gasteiger partial charge on any atom is -0.457 e. The Balaban J connectivity index is 1.43. The van der Waals surface area contributed by atoms with Gasteiger partial charge in [-0.2, -0.15) is 0 Å². The number of ketones is 1. The van der Waals surface area contributed by atoms with Gasteiger partial charge in [0.05, 0.1) is 9.83 Å². The van der Waals surface area contributed by atoms with E-state index in [4.69, 9.17) is 4.42 Å². The summed E-state index contributed by atoms with van der Waals surface area (Å²) in [5, 5.41) is 11.7. The Labute approximate surface area is 183 Å². The second kappa shape index (κ2) is 8.07. The number of fused-ring (bicyclic) bond motifs is 1. The molecule has 1 fully saturated rings. The van der Waals surface area contributed by atoms with E-state index >= 15 is 0 Å². The first-order valence-electron chi connectivity index (χ1n) is 10.3. The molecule has 0 saturated carbocycles. The zero-order chi connectivity index (χ0) is 21.4. The van der Waals surface area contributed by atoms with Gasteiger partial charge < -0.3 is 9.32 Å². The predicted octanol–water partition coefficient (Wildman–Crippen LogP) is 6.17. The molecular formula is C24H20N2O4S. The number of benzene rings is 2. The predicted molar refractivity (Wildman–Crippen MR) is 121 cm³/mol. The molecule has 0 bridgehead atoms. The van der Waals surface area contributed by atoms with Gasteiger partial charge in [-0.05, 0) is 61.7 Å². The molecule has 0 spiro atoms. The van der Waals surface area contributed by atoms with Crippen molar-refractivity contribution in [2.45, 2.75) is 24.2 Å². The van der Waals surface area contributed by atoms with Gasteiger partial charge in [0.2, 0.25) is 5.78 Å². The molecule has 2 aromatic carbocycles. The molecule has 0 unspecified atom stereocenters. The normalized spacial score (nSPS) is 17.2. The third kappa shape index (κ3) is 3.77. The number of nitro benzene ring substituents is 1. The number of piperidine rings is 1. The van der Waals surface area contributed by atoms with E-state index < -0.39 is 0 Å². The third-order valence-electron chi connectivity index (χ3n) is 5.63. The summed E-state index contributed by atoms with van der Waals surface area (Å²) in [6.45, 7) is 1.68. The van der Waals surface area contributed by atoms with Gasteiger partial charge in [-0.1, -0.05) is 23.9 Å². The molecule has 6 nitrogen and oxygen atoms in total. The van der Waals surface area contributed by atoms with Crippen LogP contribution in [0.1, 0.15) is 35.4 Å². The SMILES string of the molecule is O=C1/C(=C/c2ccc(-c3ccc(N4CCCCC4)c([N+](=O)[O-])c3)o2)Sc2ccccc21. The molecule has 2 aliphatic rings. The lowest BCUT2D eigenvalue weighted by Crippen LogP contribution is -2.29. The number of nitrogens with zero attached hydrogens (tertiary/aromatic N) is 2. The molecule has 0 aliphatic carbocycles. The van der Waals surface area contributed by atoms with E-state index in [9.17, 15) is 14.9 Å². The summed E-state index contributed by atoms with van der Waals surface area (Å²) < 4.78 is 5.92. The van der Waals surface area contributed by atoms with Gasteiger partial charge in [-0.25, -0.2) is 0 Å². The Morgan fingerprint density at radius 3 is 2.61 bits per heavy atom. The Morgan fingerprint density at radius 1 is 1.03 bits per heavy atom. The van der Waals surface area contributed by atoms with Crippen LogP contribution in [-0.2, 0) is 0 Å². The highest BCUT2D eigenvalue weighted by Crippen LogP contribution is 2.41. The van der Waals surface area contributed by atoms with Crippen LogP contribution >= 0.6 is 11.8 Å². The fourth-order valence-corrected chi connectivity index (χ4v) is 5.11. The van der Waals surface area contributed by atoms with Crippen molar-refractivity contribution in [1.82, 2.24) is 0 Å². The van der Waals surface area contributed by atoms with Gasteiger partial charge in [0.1, 0.15) is 17.2 Å². The van der Waals surface area contributed by atoms with E-state index in [0.717, 1.165) is 30.8 Å². The number of carbonyl (C=O) groups excluding carboxylic acids is 1. The monoisotopic (exact) mass is 432 g/mol. The number of carbonyl (C=O) groups is 1. The van der Waals surface area contributed by atoms with Crippen LogP contribution in [0.4, 0.5) is 11.4 Å². The molecule has 3 heterocycles. The second-order valence-electron chi connectivity index (χ2n) is 7.65. The fraction of sp³-hybridized carbons (Fsp3) is 0.208. The van der Waals surface area contributed by atoms with Gasteiger partial charge in [0.15, 0.2) is 0 Å². The summed E-state index contributed by atoms with van der Waals surface area (Å²) in [6, 6.07) is 16.3. The van der Waals surface area contributed by atoms with Crippen LogP contribution in [0.15, 0.2) is 68.8 Å². The van der Waals surface area contributed by atoms with Crippen LogP contribution in [0.3, 0.4) is 0 Å². The van der Waals surface area contributed by atoms with Crippen molar-refractivity contribution in [1.29, 1.82) is 0 Å². The minimum atomic E-state index is -0.329. The summed E-state index contributed by atoms with van der Waals surface area (Å²) in [7, 11) is 0. The molecule has 0 amide bonds. The first-order chi connectivity index (χ1) is 15.1. The fourth-order valence-electron chi connectivity index (χ4n) is 4.08. The van der Waals surface area contributed by atoms with Crippen molar-refractivity contribution < 1.29 is 14.1 Å². The molecule has 0 atom stereocenters. The molecule has 5 rings (SSSR count). The maximum absolute atomic E-state index is 12.6. The largest absolute Gasteiger partial charge is 0.457 e. The highest BCUT2D eigenvalue weighted by Gasteiger charge is 2.26. The third-order valence-corrected chi connectivity index (χ3v) is 6.73. The summed E-state index contributed by atoms with van der Waals surface area (Å²) in [5.41, 5.74) is 2.10. The lowest BCUT2D eigenvalue weighted by Gasteiger charge is -2.28. The lowest BCUT2D eigenvalue weighted by atomic mass is 10.1. The maximum Gasteiger partial charge on any atom is 0.293 e. The number of hydrogen-bond donors (Lipinski definition) is 0. The average Bonchev–Trinajstić information content (AvgIpc) is 3.39. The number of nitro groups is 1. The average molecular weight is 433 g/mol. The number of rotatable bonds is 4. The van der Waals surface area contributed by atoms with Gasteiger partial charge >= 0.3 is 0 Å². The van der Waals surface area contributed by atoms with E-state index in [1.54, 1.807) is 24.3 Å². The van der Waals surface area contributed by atoms with Crippen LogP contribution in [0.25, 0.3) is 17.4 Å². The van der Waals surface area contributed by atoms with Gasteiger partial charge in [-0.3, -0.25) is 14.9 Å². The number of allylic oxidation sites excluding steroid dienone is 1. The van der Waals surface area contributed by atoms with Crippen LogP contribution in [0.5, 0.6) is 0 Å². The van der Waals surface area contributed by atoms with Gasteiger partial charge in [0.25, 0.3) is 5.69 Å². The molecule has 1 saturated heterocycles. The molecule has 1 aromatic heterocycles. The Kier molecular flexibility index (Phi) is 5.11. The first-order valence-corrected chi connectivity index (χ1v) is 11.1. The van der Waals surface area contributed by atoms with Crippen molar-refractivity contribution in [3.8, 4) is 11.3 Å². The minimum absolute atomic E-state index is 0.0138. The van der Waals surface area contributed by atoms with E-state index in [-0.39, 0.29) is 16.4 Å². The van der Waals surface area contributed by atoms with Crippen LogP contribution < -0.4 is 4.90 Å². The summed E-state index contributed by atoms with van der Waals surface area (Å²) in [5.74, 6) is 1.06. The molecule has 3 aromatic rings. The smallest absolute Gasteiger partial charge is 0.293 e. The molecule has 31 heavy (non-hydrogen) atoms. The van der Waals surface area contributed by atoms with Crippen molar-refractivity contribution in [2.24, 2.45) is 0 Å². The standard InChI is InChI=1S/C24H20N2O4S/c27-24-18-6-2-3-7-22(18)31-23(24)15-17-9-11-21(30-17)16-8-10-19(20(14-16)26(28)29)25-12-4-1-5-13-25/h2-3,6-11,14-15H,1,4-5,12-13H2/b23-15-. The molecule has 0 N–H and O–H groups in total. The molecule has 156 valence electrons. The lowest BCUT2D eigenvalue weighted by molar-refractivity contribution is -0.384. The van der Waals surface area contributed by atoms with Crippen molar-refractivity contribution in [2.75, 3.05) is 18.0 Å². The second-order valence-corrected chi connectivity index (χ2v) is 8.73. The topological polar surface area (TPSA) is 76.6 Å². The van der Waals surface area contributed by atoms with Crippen molar-refractivity contribution in [3.63, 3.8) is 0 Å². The summed E-state index contributed by atoms with van der Waals surface area (Å²) in [6.07, 6.45) is 5.00. The summed E-state index contributed by atoms with van der Waals surface area (Å²) in [4.78, 5) is 27.6. The van der Waals surface area contributed by atoms with E-state index in [1.807, 2.05) is 36.4 Å². The number of anilines is 1. The molecule has 0 radical (unpaired) electrons. The number of hydrogen-bond acceptors (Lipinski definition) is 6. The highest BCUT2D eigenvalue weighted by atomic mass is 32.2. The van der Waals surface area contributed by atoms with Gasteiger partial charge in [0, 0.05) is 35.2 Å². The van der Waals surface area contributed by atoms with E-state index in [2.05, 4.69) is 4.90 Å². The van der Waals surface area contributed by atoms with E-state index in [1.165, 1.54) is 18.2 Å². The first kappa shape index (κ1) is 19.6. The quantitative estimate of drug-likeness (QED) is 0.279. The van der Waals surface area contributed by atoms with Gasteiger partial charge in [-0.15, -0.1) is 0 Å². The van der Waals surface area contributed by atoms with Crippen molar-refractivity contribution in [3.05, 3.63) is 80.9 Å². The zero-order valence-corrected chi connectivity index (χ0v) is 17.6. The Hall–Kier alpha value is -3.32. The molecular weight excluding hydrogens is 412 g/mol. The Bertz CT molecular complexity index is 1210. The molecule has 2 aliphatic heterocycles. The maximum atomic E-state index is 12.6. The van der Waals surface area contributed by atoms with Crippen molar-refractivity contribution >= 4 is 35.0 Å². The number of furan rings is 1.